The minimum atomic E-state index is -3.26. The number of carbonyl (C=O) groups excluding carboxylic acids is 1. The Balaban J connectivity index is 2.98. The van der Waals surface area contributed by atoms with E-state index < -0.39 is 22.0 Å². The van der Waals surface area contributed by atoms with Crippen molar-refractivity contribution in [1.82, 2.24) is 0 Å². The molecule has 0 bridgehead atoms. The zero-order chi connectivity index (χ0) is 14.5. The van der Waals surface area contributed by atoms with Crippen LogP contribution in [0.15, 0.2) is 29.2 Å². The van der Waals surface area contributed by atoms with Crippen LogP contribution in [0.25, 0.3) is 0 Å². The fraction of sp³-hybridized carbons (Fsp3) is 0.417. The summed E-state index contributed by atoms with van der Waals surface area (Å²) in [6.45, 7) is 1.39. The number of aliphatic hydroxyl groups excluding tert-OH is 1. The van der Waals surface area contributed by atoms with Gasteiger partial charge < -0.3 is 15.6 Å². The second-order valence-electron chi connectivity index (χ2n) is 3.91. The van der Waals surface area contributed by atoms with Gasteiger partial charge in [-0.05, 0) is 17.7 Å². The number of ether oxygens (including phenoxy) is 1. The number of sulfone groups is 1. The molecule has 19 heavy (non-hydrogen) atoms. The molecule has 0 saturated heterocycles. The number of primary amides is 1. The summed E-state index contributed by atoms with van der Waals surface area (Å²) in [5.41, 5.74) is 5.53. The third kappa shape index (κ3) is 4.22. The van der Waals surface area contributed by atoms with Gasteiger partial charge in [0.05, 0.1) is 10.6 Å². The first-order valence-corrected chi connectivity index (χ1v) is 7.45. The van der Waals surface area contributed by atoms with E-state index in [0.717, 1.165) is 0 Å². The predicted octanol–water partition coefficient (Wildman–Crippen LogP) is 0.999. The summed E-state index contributed by atoms with van der Waals surface area (Å²) in [6.07, 6.45) is -1.42. The Morgan fingerprint density at radius 1 is 1.37 bits per heavy atom. The van der Waals surface area contributed by atoms with Crippen molar-refractivity contribution < 1.29 is 23.1 Å². The lowest BCUT2D eigenvalue weighted by Gasteiger charge is -2.16. The van der Waals surface area contributed by atoms with Gasteiger partial charge in [0.25, 0.3) is 0 Å². The van der Waals surface area contributed by atoms with Crippen molar-refractivity contribution in [2.75, 3.05) is 12.4 Å². The van der Waals surface area contributed by atoms with Gasteiger partial charge in [-0.3, -0.25) is 0 Å². The fourth-order valence-corrected chi connectivity index (χ4v) is 2.49. The third-order valence-electron chi connectivity index (χ3n) is 2.64. The highest BCUT2D eigenvalue weighted by molar-refractivity contribution is 7.91. The van der Waals surface area contributed by atoms with E-state index in [0.29, 0.717) is 5.56 Å². The molecule has 0 saturated carbocycles. The van der Waals surface area contributed by atoms with E-state index in [1.165, 1.54) is 12.1 Å². The number of carbonyl (C=O) groups is 1. The number of hydrogen-bond donors (Lipinski definition) is 2. The lowest BCUT2D eigenvalue weighted by molar-refractivity contribution is 0.0877. The van der Waals surface area contributed by atoms with Crippen LogP contribution < -0.4 is 5.73 Å². The molecule has 1 atom stereocenters. The van der Waals surface area contributed by atoms with Gasteiger partial charge in [0.1, 0.15) is 6.10 Å². The van der Waals surface area contributed by atoms with Crippen molar-refractivity contribution in [2.45, 2.75) is 24.3 Å². The molecule has 0 aliphatic rings. The summed E-state index contributed by atoms with van der Waals surface area (Å²) in [6, 6.07) is 5.99. The van der Waals surface area contributed by atoms with Crippen LogP contribution in [-0.4, -0.2) is 32.0 Å². The fourth-order valence-electron chi connectivity index (χ4n) is 1.61. The van der Waals surface area contributed by atoms with E-state index in [-0.39, 0.29) is 23.7 Å². The Kier molecular flexibility index (Phi) is 5.31. The first-order valence-electron chi connectivity index (χ1n) is 5.80. The molecule has 0 spiro atoms. The number of hydrogen-bond acceptors (Lipinski definition) is 5. The SMILES string of the molecule is CCS(=O)(=O)c1ccc(C(CCO)OC(N)=O)cc1. The van der Waals surface area contributed by atoms with Gasteiger partial charge in [-0.2, -0.15) is 0 Å². The molecule has 0 aromatic heterocycles. The van der Waals surface area contributed by atoms with Gasteiger partial charge >= 0.3 is 6.09 Å². The smallest absolute Gasteiger partial charge is 0.405 e. The molecule has 1 aromatic rings. The molecule has 0 radical (unpaired) electrons. The standard InChI is InChI=1S/C12H17NO5S/c1-2-19(16,17)10-5-3-9(4-6-10)11(7-8-14)18-12(13)15/h3-6,11,14H,2,7-8H2,1H3,(H2,13,15). The summed E-state index contributed by atoms with van der Waals surface area (Å²) in [5.74, 6) is 0.0181. The second kappa shape index (κ2) is 6.53. The van der Waals surface area contributed by atoms with Crippen molar-refractivity contribution in [3.05, 3.63) is 29.8 Å². The van der Waals surface area contributed by atoms with E-state index in [1.54, 1.807) is 19.1 Å². The summed E-state index contributed by atoms with van der Waals surface area (Å²) in [7, 11) is -3.26. The number of benzene rings is 1. The average molecular weight is 287 g/mol. The molecule has 0 fully saturated rings. The maximum Gasteiger partial charge on any atom is 0.405 e. The molecule has 6 nitrogen and oxygen atoms in total. The first kappa shape index (κ1) is 15.5. The predicted molar refractivity (Wildman–Crippen MR) is 69.3 cm³/mol. The van der Waals surface area contributed by atoms with Crippen LogP contribution in [-0.2, 0) is 14.6 Å². The van der Waals surface area contributed by atoms with Crippen LogP contribution in [0.2, 0.25) is 0 Å². The monoisotopic (exact) mass is 287 g/mol. The van der Waals surface area contributed by atoms with E-state index in [9.17, 15) is 13.2 Å². The van der Waals surface area contributed by atoms with Gasteiger partial charge in [0.2, 0.25) is 0 Å². The minimum Gasteiger partial charge on any atom is -0.441 e. The van der Waals surface area contributed by atoms with Crippen LogP contribution in [0.1, 0.15) is 25.0 Å². The van der Waals surface area contributed by atoms with E-state index in [2.05, 4.69) is 0 Å². The van der Waals surface area contributed by atoms with Gasteiger partial charge in [0, 0.05) is 13.0 Å². The highest BCUT2D eigenvalue weighted by atomic mass is 32.2. The second-order valence-corrected chi connectivity index (χ2v) is 6.19. The maximum atomic E-state index is 11.6. The van der Waals surface area contributed by atoms with Gasteiger partial charge in [-0.15, -0.1) is 0 Å². The molecule has 1 amide bonds. The molecule has 7 heteroatoms. The highest BCUT2D eigenvalue weighted by Crippen LogP contribution is 2.23. The zero-order valence-electron chi connectivity index (χ0n) is 10.6. The first-order chi connectivity index (χ1) is 8.90. The molecule has 0 heterocycles. The lowest BCUT2D eigenvalue weighted by atomic mass is 10.1. The Morgan fingerprint density at radius 2 is 1.95 bits per heavy atom. The van der Waals surface area contributed by atoms with Crippen molar-refractivity contribution in [2.24, 2.45) is 5.73 Å². The Labute approximate surface area is 112 Å². The molecule has 1 aromatic carbocycles. The summed E-state index contributed by atoms with van der Waals surface area (Å²) in [5, 5.41) is 8.90. The van der Waals surface area contributed by atoms with Crippen LogP contribution >= 0.6 is 0 Å². The molecule has 3 N–H and O–H groups in total. The number of nitrogens with two attached hydrogens (primary N) is 1. The van der Waals surface area contributed by atoms with E-state index in [4.69, 9.17) is 15.6 Å². The average Bonchev–Trinajstić information content (AvgIpc) is 2.38. The van der Waals surface area contributed by atoms with E-state index in [1.807, 2.05) is 0 Å². The maximum absolute atomic E-state index is 11.6. The Hall–Kier alpha value is -1.60. The Bertz CT molecular complexity index is 524. The molecule has 0 aliphatic carbocycles. The van der Waals surface area contributed by atoms with Crippen molar-refractivity contribution in [3.8, 4) is 0 Å². The van der Waals surface area contributed by atoms with E-state index >= 15 is 0 Å². The highest BCUT2D eigenvalue weighted by Gasteiger charge is 2.17. The van der Waals surface area contributed by atoms with Crippen molar-refractivity contribution >= 4 is 15.9 Å². The largest absolute Gasteiger partial charge is 0.441 e. The number of rotatable bonds is 6. The lowest BCUT2D eigenvalue weighted by Crippen LogP contribution is -2.18. The normalized spacial score (nSPS) is 12.9. The van der Waals surface area contributed by atoms with Crippen molar-refractivity contribution in [3.63, 3.8) is 0 Å². The van der Waals surface area contributed by atoms with Gasteiger partial charge in [0.15, 0.2) is 9.84 Å². The number of amides is 1. The summed E-state index contributed by atoms with van der Waals surface area (Å²) >= 11 is 0. The molecular formula is C12H17NO5S. The van der Waals surface area contributed by atoms with Gasteiger partial charge in [-0.25, -0.2) is 13.2 Å². The molecular weight excluding hydrogens is 270 g/mol. The van der Waals surface area contributed by atoms with Crippen LogP contribution in [0.4, 0.5) is 4.79 Å². The van der Waals surface area contributed by atoms with Crippen LogP contribution in [0.5, 0.6) is 0 Å². The molecule has 1 rings (SSSR count). The van der Waals surface area contributed by atoms with Crippen LogP contribution in [0, 0.1) is 0 Å². The van der Waals surface area contributed by atoms with Crippen molar-refractivity contribution in [1.29, 1.82) is 0 Å². The quantitative estimate of drug-likeness (QED) is 0.811. The van der Waals surface area contributed by atoms with Gasteiger partial charge in [-0.1, -0.05) is 19.1 Å². The zero-order valence-corrected chi connectivity index (χ0v) is 11.4. The Morgan fingerprint density at radius 3 is 2.37 bits per heavy atom. The topological polar surface area (TPSA) is 107 Å². The third-order valence-corrected chi connectivity index (χ3v) is 4.39. The molecule has 1 unspecified atom stereocenters. The number of aliphatic hydroxyl groups is 1. The summed E-state index contributed by atoms with van der Waals surface area (Å²) in [4.78, 5) is 11.0. The van der Waals surface area contributed by atoms with Crippen LogP contribution in [0.3, 0.4) is 0 Å². The minimum absolute atomic E-state index is 0.0181. The molecule has 106 valence electrons. The molecule has 0 aliphatic heterocycles. The summed E-state index contributed by atoms with van der Waals surface area (Å²) < 4.78 is 28.1.